The number of benzene rings is 2. The fraction of sp³-hybridized carbons (Fsp3) is 0.316. The van der Waals surface area contributed by atoms with Gasteiger partial charge in [-0.1, -0.05) is 35.9 Å². The molecule has 0 bridgehead atoms. The number of methoxy groups -OCH3 is 1. The van der Waals surface area contributed by atoms with Gasteiger partial charge in [0.1, 0.15) is 5.75 Å². The molecule has 128 valence electrons. The van der Waals surface area contributed by atoms with Crippen LogP contribution in [0, 0.1) is 0 Å². The number of amides is 1. The SMILES string of the molecule is COCc1ccccc1CNC(=O)c1cc(Cl)ccc1OC(C)C. The number of carbonyl (C=O) groups is 1. The van der Waals surface area contributed by atoms with E-state index in [9.17, 15) is 4.79 Å². The summed E-state index contributed by atoms with van der Waals surface area (Å²) in [6.07, 6.45) is -0.0276. The van der Waals surface area contributed by atoms with Gasteiger partial charge < -0.3 is 14.8 Å². The summed E-state index contributed by atoms with van der Waals surface area (Å²) in [5.74, 6) is 0.303. The molecule has 1 amide bonds. The summed E-state index contributed by atoms with van der Waals surface area (Å²) in [6.45, 7) is 4.74. The molecule has 2 rings (SSSR count). The molecule has 0 spiro atoms. The topological polar surface area (TPSA) is 47.6 Å². The highest BCUT2D eigenvalue weighted by Gasteiger charge is 2.15. The van der Waals surface area contributed by atoms with Gasteiger partial charge in [-0.3, -0.25) is 4.79 Å². The maximum atomic E-state index is 12.6. The van der Waals surface area contributed by atoms with E-state index in [1.54, 1.807) is 25.3 Å². The van der Waals surface area contributed by atoms with Crippen LogP contribution in [0.3, 0.4) is 0 Å². The molecule has 1 N–H and O–H groups in total. The highest BCUT2D eigenvalue weighted by Crippen LogP contribution is 2.24. The van der Waals surface area contributed by atoms with Crippen LogP contribution < -0.4 is 10.1 Å². The quantitative estimate of drug-likeness (QED) is 0.816. The van der Waals surface area contributed by atoms with E-state index < -0.39 is 0 Å². The van der Waals surface area contributed by atoms with Crippen LogP contribution >= 0.6 is 11.6 Å². The molecular formula is C19H22ClNO3. The summed E-state index contributed by atoms with van der Waals surface area (Å²) in [4.78, 5) is 12.6. The van der Waals surface area contributed by atoms with Crippen LogP contribution in [-0.4, -0.2) is 19.1 Å². The van der Waals surface area contributed by atoms with Gasteiger partial charge in [0.2, 0.25) is 0 Å². The number of rotatable bonds is 7. The molecule has 0 saturated carbocycles. The molecule has 0 aromatic heterocycles. The molecule has 2 aromatic carbocycles. The zero-order chi connectivity index (χ0) is 17.5. The van der Waals surface area contributed by atoms with Gasteiger partial charge in [0, 0.05) is 18.7 Å². The predicted molar refractivity (Wildman–Crippen MR) is 95.5 cm³/mol. The minimum absolute atomic E-state index is 0.0276. The summed E-state index contributed by atoms with van der Waals surface area (Å²) >= 11 is 6.03. The lowest BCUT2D eigenvalue weighted by molar-refractivity contribution is 0.0944. The van der Waals surface area contributed by atoms with Gasteiger partial charge in [0.25, 0.3) is 5.91 Å². The predicted octanol–water partition coefficient (Wildman–Crippen LogP) is 4.20. The van der Waals surface area contributed by atoms with Gasteiger partial charge in [-0.15, -0.1) is 0 Å². The Labute approximate surface area is 147 Å². The van der Waals surface area contributed by atoms with Crippen molar-refractivity contribution in [1.82, 2.24) is 5.32 Å². The first-order chi connectivity index (χ1) is 11.5. The second-order valence-electron chi connectivity index (χ2n) is 5.69. The maximum Gasteiger partial charge on any atom is 0.255 e. The summed E-state index contributed by atoms with van der Waals surface area (Å²) in [5, 5.41) is 3.42. The Morgan fingerprint density at radius 1 is 1.17 bits per heavy atom. The Bertz CT molecular complexity index is 701. The molecule has 0 aliphatic carbocycles. The average molecular weight is 348 g/mol. The van der Waals surface area contributed by atoms with E-state index in [1.807, 2.05) is 38.1 Å². The highest BCUT2D eigenvalue weighted by atomic mass is 35.5. The largest absolute Gasteiger partial charge is 0.490 e. The van der Waals surface area contributed by atoms with Gasteiger partial charge >= 0.3 is 0 Å². The fourth-order valence-corrected chi connectivity index (χ4v) is 2.51. The van der Waals surface area contributed by atoms with Crippen molar-refractivity contribution in [2.45, 2.75) is 33.1 Å². The Morgan fingerprint density at radius 2 is 1.88 bits per heavy atom. The third kappa shape index (κ3) is 4.98. The number of hydrogen-bond acceptors (Lipinski definition) is 3. The van der Waals surface area contributed by atoms with Crippen LogP contribution in [0.5, 0.6) is 5.75 Å². The van der Waals surface area contributed by atoms with Crippen molar-refractivity contribution in [2.24, 2.45) is 0 Å². The molecule has 0 heterocycles. The normalized spacial score (nSPS) is 10.7. The monoisotopic (exact) mass is 347 g/mol. The summed E-state index contributed by atoms with van der Waals surface area (Å²) in [6, 6.07) is 12.9. The first-order valence-corrected chi connectivity index (χ1v) is 8.19. The van der Waals surface area contributed by atoms with Gasteiger partial charge in [-0.25, -0.2) is 0 Å². The number of hydrogen-bond donors (Lipinski definition) is 1. The third-order valence-corrected chi connectivity index (χ3v) is 3.64. The Balaban J connectivity index is 2.14. The second kappa shape index (κ2) is 8.71. The van der Waals surface area contributed by atoms with Crippen LogP contribution in [0.4, 0.5) is 0 Å². The Morgan fingerprint density at radius 3 is 2.54 bits per heavy atom. The molecule has 0 saturated heterocycles. The van der Waals surface area contributed by atoms with Crippen LogP contribution in [-0.2, 0) is 17.9 Å². The standard InChI is InChI=1S/C19H22ClNO3/c1-13(2)24-18-9-8-16(20)10-17(18)19(22)21-11-14-6-4-5-7-15(14)12-23-3/h4-10,13H,11-12H2,1-3H3,(H,21,22). The zero-order valence-corrected chi connectivity index (χ0v) is 14.9. The molecule has 0 aliphatic rings. The summed E-state index contributed by atoms with van der Waals surface area (Å²) in [5.41, 5.74) is 2.49. The lowest BCUT2D eigenvalue weighted by Crippen LogP contribution is -2.24. The van der Waals surface area contributed by atoms with Crippen molar-refractivity contribution >= 4 is 17.5 Å². The van der Waals surface area contributed by atoms with Gasteiger partial charge in [-0.2, -0.15) is 0 Å². The molecule has 0 unspecified atom stereocenters. The first-order valence-electron chi connectivity index (χ1n) is 7.81. The molecule has 0 radical (unpaired) electrons. The van der Waals surface area contributed by atoms with Crippen LogP contribution in [0.2, 0.25) is 5.02 Å². The van der Waals surface area contributed by atoms with E-state index in [0.29, 0.717) is 29.5 Å². The van der Waals surface area contributed by atoms with Crippen LogP contribution in [0.25, 0.3) is 0 Å². The van der Waals surface area contributed by atoms with E-state index in [-0.39, 0.29) is 12.0 Å². The molecule has 2 aromatic rings. The highest BCUT2D eigenvalue weighted by molar-refractivity contribution is 6.31. The number of carbonyl (C=O) groups excluding carboxylic acids is 1. The maximum absolute atomic E-state index is 12.6. The average Bonchev–Trinajstić information content (AvgIpc) is 2.55. The Kier molecular flexibility index (Phi) is 6.64. The van der Waals surface area contributed by atoms with Crippen molar-refractivity contribution in [2.75, 3.05) is 7.11 Å². The van der Waals surface area contributed by atoms with Crippen molar-refractivity contribution in [3.8, 4) is 5.75 Å². The van der Waals surface area contributed by atoms with Crippen LogP contribution in [0.1, 0.15) is 35.3 Å². The smallest absolute Gasteiger partial charge is 0.255 e. The van der Waals surface area contributed by atoms with Crippen molar-refractivity contribution < 1.29 is 14.3 Å². The fourth-order valence-electron chi connectivity index (χ4n) is 2.33. The van der Waals surface area contributed by atoms with E-state index in [4.69, 9.17) is 21.1 Å². The van der Waals surface area contributed by atoms with E-state index in [0.717, 1.165) is 11.1 Å². The number of nitrogens with one attached hydrogen (secondary N) is 1. The van der Waals surface area contributed by atoms with Gasteiger partial charge in [-0.05, 0) is 43.2 Å². The van der Waals surface area contributed by atoms with Gasteiger partial charge in [0.05, 0.1) is 18.3 Å². The van der Waals surface area contributed by atoms with E-state index >= 15 is 0 Å². The number of halogens is 1. The molecule has 0 atom stereocenters. The Hall–Kier alpha value is -2.04. The lowest BCUT2D eigenvalue weighted by atomic mass is 10.1. The minimum Gasteiger partial charge on any atom is -0.490 e. The molecule has 5 heteroatoms. The zero-order valence-electron chi connectivity index (χ0n) is 14.1. The summed E-state index contributed by atoms with van der Waals surface area (Å²) in [7, 11) is 1.65. The van der Waals surface area contributed by atoms with Crippen molar-refractivity contribution in [3.05, 3.63) is 64.2 Å². The van der Waals surface area contributed by atoms with E-state index in [2.05, 4.69) is 5.32 Å². The first kappa shape index (κ1) is 18.3. The van der Waals surface area contributed by atoms with Crippen LogP contribution in [0.15, 0.2) is 42.5 Å². The van der Waals surface area contributed by atoms with E-state index in [1.165, 1.54) is 0 Å². The van der Waals surface area contributed by atoms with Gasteiger partial charge in [0.15, 0.2) is 0 Å². The molecular weight excluding hydrogens is 326 g/mol. The summed E-state index contributed by atoms with van der Waals surface area (Å²) < 4.78 is 10.9. The minimum atomic E-state index is -0.222. The molecule has 0 fully saturated rings. The molecule has 4 nitrogen and oxygen atoms in total. The molecule has 24 heavy (non-hydrogen) atoms. The molecule has 0 aliphatic heterocycles. The van der Waals surface area contributed by atoms with Crippen molar-refractivity contribution in [1.29, 1.82) is 0 Å². The lowest BCUT2D eigenvalue weighted by Gasteiger charge is -2.15. The third-order valence-electron chi connectivity index (χ3n) is 3.41. The second-order valence-corrected chi connectivity index (χ2v) is 6.13. The van der Waals surface area contributed by atoms with Crippen molar-refractivity contribution in [3.63, 3.8) is 0 Å². The number of ether oxygens (including phenoxy) is 2.